The lowest BCUT2D eigenvalue weighted by molar-refractivity contribution is -0.132. The van der Waals surface area contributed by atoms with Gasteiger partial charge in [-0.1, -0.05) is 0 Å². The predicted molar refractivity (Wildman–Crippen MR) is 80.5 cm³/mol. The van der Waals surface area contributed by atoms with E-state index in [1.165, 1.54) is 4.88 Å². The molecule has 1 fully saturated rings. The van der Waals surface area contributed by atoms with Crippen LogP contribution in [0.4, 0.5) is 0 Å². The molecule has 6 heteroatoms. The van der Waals surface area contributed by atoms with E-state index >= 15 is 0 Å². The van der Waals surface area contributed by atoms with Crippen LogP contribution in [0.3, 0.4) is 0 Å². The molecule has 1 saturated heterocycles. The Morgan fingerprint density at radius 3 is 3.05 bits per heavy atom. The first-order valence-corrected chi connectivity index (χ1v) is 7.99. The van der Waals surface area contributed by atoms with Crippen molar-refractivity contribution in [2.75, 3.05) is 33.4 Å². The fourth-order valence-electron chi connectivity index (χ4n) is 2.38. The summed E-state index contributed by atoms with van der Waals surface area (Å²) in [5, 5.41) is 6.29. The van der Waals surface area contributed by atoms with Crippen LogP contribution in [0.1, 0.15) is 11.3 Å². The highest BCUT2D eigenvalue weighted by Gasteiger charge is 2.41. The zero-order valence-electron chi connectivity index (χ0n) is 11.0. The molecule has 2 rings (SSSR count). The van der Waals surface area contributed by atoms with Crippen molar-refractivity contribution in [2.45, 2.75) is 12.8 Å². The molecule has 1 amide bonds. The SMILES string of the molecule is COCC1(C(=O)NCCc2ccc(Br)s2)CCNC1. The second-order valence-electron chi connectivity index (χ2n) is 4.85. The van der Waals surface area contributed by atoms with Gasteiger partial charge in [-0.25, -0.2) is 0 Å². The third-order valence-corrected chi connectivity index (χ3v) is 5.12. The predicted octanol–water partition coefficient (Wildman–Crippen LogP) is 1.80. The smallest absolute Gasteiger partial charge is 0.229 e. The molecule has 0 saturated carbocycles. The number of amides is 1. The van der Waals surface area contributed by atoms with Gasteiger partial charge in [0.05, 0.1) is 15.8 Å². The Hall–Kier alpha value is -0.430. The molecule has 2 heterocycles. The Morgan fingerprint density at radius 2 is 2.47 bits per heavy atom. The molecule has 2 N–H and O–H groups in total. The summed E-state index contributed by atoms with van der Waals surface area (Å²) in [4.78, 5) is 13.6. The molecular weight excluding hydrogens is 328 g/mol. The van der Waals surface area contributed by atoms with Gasteiger partial charge in [-0.3, -0.25) is 4.79 Å². The van der Waals surface area contributed by atoms with E-state index in [1.54, 1.807) is 18.4 Å². The largest absolute Gasteiger partial charge is 0.384 e. The summed E-state index contributed by atoms with van der Waals surface area (Å²) >= 11 is 5.15. The molecule has 1 atom stereocenters. The monoisotopic (exact) mass is 346 g/mol. The fraction of sp³-hybridized carbons (Fsp3) is 0.615. The molecule has 0 aromatic carbocycles. The maximum absolute atomic E-state index is 12.3. The third kappa shape index (κ3) is 3.78. The van der Waals surface area contributed by atoms with Gasteiger partial charge in [0.25, 0.3) is 0 Å². The number of methoxy groups -OCH3 is 1. The van der Waals surface area contributed by atoms with Gasteiger partial charge in [0, 0.05) is 25.1 Å². The number of carbonyl (C=O) groups excluding carboxylic acids is 1. The molecule has 0 bridgehead atoms. The summed E-state index contributed by atoms with van der Waals surface area (Å²) < 4.78 is 6.34. The minimum absolute atomic E-state index is 0.106. The van der Waals surface area contributed by atoms with Gasteiger partial charge in [-0.2, -0.15) is 0 Å². The minimum atomic E-state index is -0.384. The van der Waals surface area contributed by atoms with E-state index < -0.39 is 0 Å². The van der Waals surface area contributed by atoms with Gasteiger partial charge in [0.1, 0.15) is 0 Å². The van der Waals surface area contributed by atoms with Crippen LogP contribution in [0.15, 0.2) is 15.9 Å². The highest BCUT2D eigenvalue weighted by molar-refractivity contribution is 9.11. The van der Waals surface area contributed by atoms with E-state index in [9.17, 15) is 4.79 Å². The van der Waals surface area contributed by atoms with Gasteiger partial charge in [-0.05, 0) is 47.4 Å². The number of halogens is 1. The van der Waals surface area contributed by atoms with Crippen molar-refractivity contribution in [3.8, 4) is 0 Å². The average Bonchev–Trinajstić information content (AvgIpc) is 3.00. The number of nitrogens with one attached hydrogen (secondary N) is 2. The summed E-state index contributed by atoms with van der Waals surface area (Å²) in [6.45, 7) is 2.75. The quantitative estimate of drug-likeness (QED) is 0.825. The van der Waals surface area contributed by atoms with Crippen molar-refractivity contribution in [3.05, 3.63) is 20.8 Å². The van der Waals surface area contributed by atoms with Gasteiger partial charge >= 0.3 is 0 Å². The van der Waals surface area contributed by atoms with Crippen LogP contribution in [-0.4, -0.2) is 39.3 Å². The van der Waals surface area contributed by atoms with Crippen LogP contribution >= 0.6 is 27.3 Å². The summed E-state index contributed by atoms with van der Waals surface area (Å²) in [5.41, 5.74) is -0.384. The molecule has 1 unspecified atom stereocenters. The number of hydrogen-bond acceptors (Lipinski definition) is 4. The fourth-order valence-corrected chi connectivity index (χ4v) is 3.86. The molecule has 0 spiro atoms. The van der Waals surface area contributed by atoms with Gasteiger partial charge < -0.3 is 15.4 Å². The van der Waals surface area contributed by atoms with Crippen molar-refractivity contribution in [3.63, 3.8) is 0 Å². The van der Waals surface area contributed by atoms with E-state index in [0.29, 0.717) is 19.7 Å². The first-order valence-electron chi connectivity index (χ1n) is 6.38. The standard InChI is InChI=1S/C13H19BrN2O2S/c1-18-9-13(5-7-15-8-13)12(17)16-6-4-10-2-3-11(14)19-10/h2-3,15H,4-9H2,1H3,(H,16,17). The lowest BCUT2D eigenvalue weighted by atomic mass is 9.87. The number of hydrogen-bond donors (Lipinski definition) is 2. The lowest BCUT2D eigenvalue weighted by Gasteiger charge is -2.25. The molecule has 1 aromatic heterocycles. The summed E-state index contributed by atoms with van der Waals surface area (Å²) in [5.74, 6) is 0.106. The van der Waals surface area contributed by atoms with Gasteiger partial charge in [0.15, 0.2) is 0 Å². The van der Waals surface area contributed by atoms with E-state index in [-0.39, 0.29) is 11.3 Å². The molecule has 0 radical (unpaired) electrons. The van der Waals surface area contributed by atoms with Crippen molar-refractivity contribution < 1.29 is 9.53 Å². The number of ether oxygens (including phenoxy) is 1. The van der Waals surface area contributed by atoms with E-state index in [2.05, 4.69) is 32.6 Å². The van der Waals surface area contributed by atoms with E-state index in [1.807, 2.05) is 6.07 Å². The zero-order valence-corrected chi connectivity index (χ0v) is 13.4. The minimum Gasteiger partial charge on any atom is -0.384 e. The van der Waals surface area contributed by atoms with Gasteiger partial charge in [-0.15, -0.1) is 11.3 Å². The first kappa shape index (κ1) is 15.0. The van der Waals surface area contributed by atoms with Crippen LogP contribution in [-0.2, 0) is 16.0 Å². The van der Waals surface area contributed by atoms with Crippen LogP contribution in [0.2, 0.25) is 0 Å². The van der Waals surface area contributed by atoms with E-state index in [0.717, 1.165) is 23.2 Å². The Balaban J connectivity index is 1.82. The zero-order chi connectivity index (χ0) is 13.7. The van der Waals surface area contributed by atoms with Crippen LogP contribution in [0.5, 0.6) is 0 Å². The topological polar surface area (TPSA) is 50.4 Å². The Labute approximate surface area is 126 Å². The average molecular weight is 347 g/mol. The van der Waals surface area contributed by atoms with Gasteiger partial charge in [0.2, 0.25) is 5.91 Å². The maximum atomic E-state index is 12.3. The highest BCUT2D eigenvalue weighted by atomic mass is 79.9. The Bertz CT molecular complexity index is 430. The molecule has 106 valence electrons. The highest BCUT2D eigenvalue weighted by Crippen LogP contribution is 2.26. The van der Waals surface area contributed by atoms with E-state index in [4.69, 9.17) is 4.74 Å². The normalized spacial score (nSPS) is 22.6. The second-order valence-corrected chi connectivity index (χ2v) is 7.40. The molecule has 1 aliphatic rings. The molecule has 19 heavy (non-hydrogen) atoms. The number of carbonyl (C=O) groups is 1. The number of thiophene rings is 1. The summed E-state index contributed by atoms with van der Waals surface area (Å²) in [6.07, 6.45) is 1.72. The van der Waals surface area contributed by atoms with Crippen molar-refractivity contribution in [1.29, 1.82) is 0 Å². The molecule has 4 nitrogen and oxygen atoms in total. The Kier molecular flexibility index (Phi) is 5.38. The second kappa shape index (κ2) is 6.83. The van der Waals surface area contributed by atoms with Crippen LogP contribution in [0.25, 0.3) is 0 Å². The van der Waals surface area contributed by atoms with Crippen LogP contribution < -0.4 is 10.6 Å². The molecular formula is C13H19BrN2O2S. The van der Waals surface area contributed by atoms with Crippen molar-refractivity contribution in [1.82, 2.24) is 10.6 Å². The van der Waals surface area contributed by atoms with Crippen molar-refractivity contribution >= 4 is 33.2 Å². The summed E-state index contributed by atoms with van der Waals surface area (Å²) in [7, 11) is 1.65. The number of rotatable bonds is 6. The summed E-state index contributed by atoms with van der Waals surface area (Å²) in [6, 6.07) is 4.12. The molecule has 0 aliphatic carbocycles. The maximum Gasteiger partial charge on any atom is 0.229 e. The first-order chi connectivity index (χ1) is 9.16. The molecule has 1 aromatic rings. The Morgan fingerprint density at radius 1 is 1.63 bits per heavy atom. The molecule has 1 aliphatic heterocycles. The van der Waals surface area contributed by atoms with Crippen LogP contribution in [0, 0.1) is 5.41 Å². The van der Waals surface area contributed by atoms with Crippen molar-refractivity contribution in [2.24, 2.45) is 5.41 Å². The third-order valence-electron chi connectivity index (χ3n) is 3.43. The lowest BCUT2D eigenvalue weighted by Crippen LogP contribution is -2.46.